The molecular formula is C11H7ClN2O4. The van der Waals surface area contributed by atoms with Crippen LogP contribution in [0.1, 0.15) is 10.4 Å². The van der Waals surface area contributed by atoms with Crippen molar-refractivity contribution in [2.45, 2.75) is 0 Å². The largest absolute Gasteiger partial charge is 0.493 e. The number of H-pyrrole nitrogens is 1. The number of aromatic nitrogens is 2. The lowest BCUT2D eigenvalue weighted by Gasteiger charge is -2.08. The van der Waals surface area contributed by atoms with Crippen LogP contribution in [0.5, 0.6) is 5.88 Å². The summed E-state index contributed by atoms with van der Waals surface area (Å²) in [5.74, 6) is -0.721. The molecule has 7 heteroatoms. The van der Waals surface area contributed by atoms with Crippen LogP contribution in [-0.2, 0) is 0 Å². The summed E-state index contributed by atoms with van der Waals surface area (Å²) in [5, 5.41) is 10.1. The summed E-state index contributed by atoms with van der Waals surface area (Å²) >= 11 is 5.77. The smallest absolute Gasteiger partial charge is 0.335 e. The van der Waals surface area contributed by atoms with Crippen molar-refractivity contribution < 1.29 is 9.90 Å². The fourth-order valence-electron chi connectivity index (χ4n) is 1.50. The molecule has 0 fully saturated rings. The lowest BCUT2D eigenvalue weighted by molar-refractivity contribution is 0.111. The van der Waals surface area contributed by atoms with Crippen LogP contribution in [0.4, 0.5) is 0 Å². The SMILES string of the molecule is O=Cc1c(O)n(-c2cccc(Cl)c2)c(=O)[nH]c1=O. The Morgan fingerprint density at radius 1 is 1.33 bits per heavy atom. The van der Waals surface area contributed by atoms with Gasteiger partial charge >= 0.3 is 5.69 Å². The van der Waals surface area contributed by atoms with Gasteiger partial charge in [0, 0.05) is 5.02 Å². The summed E-state index contributed by atoms with van der Waals surface area (Å²) in [4.78, 5) is 35.5. The zero-order valence-corrected chi connectivity index (χ0v) is 9.64. The molecule has 2 N–H and O–H groups in total. The summed E-state index contributed by atoms with van der Waals surface area (Å²) in [6.07, 6.45) is 0.175. The Morgan fingerprint density at radius 3 is 2.67 bits per heavy atom. The van der Waals surface area contributed by atoms with E-state index in [1.54, 1.807) is 12.1 Å². The number of nitrogens with zero attached hydrogens (tertiary/aromatic N) is 1. The molecule has 1 aromatic heterocycles. The third kappa shape index (κ3) is 1.93. The molecule has 0 aliphatic rings. The molecule has 1 heterocycles. The van der Waals surface area contributed by atoms with E-state index in [4.69, 9.17) is 11.6 Å². The molecule has 0 unspecified atom stereocenters. The lowest BCUT2D eigenvalue weighted by Crippen LogP contribution is -2.31. The van der Waals surface area contributed by atoms with Gasteiger partial charge in [0.15, 0.2) is 6.29 Å². The van der Waals surface area contributed by atoms with Crippen molar-refractivity contribution in [2.24, 2.45) is 0 Å². The predicted octanol–water partition coefficient (Wildman–Crippen LogP) is 0.697. The van der Waals surface area contributed by atoms with E-state index in [2.05, 4.69) is 0 Å². The normalized spacial score (nSPS) is 10.3. The molecule has 2 aromatic rings. The van der Waals surface area contributed by atoms with Crippen molar-refractivity contribution in [1.82, 2.24) is 9.55 Å². The second-order valence-electron chi connectivity index (χ2n) is 3.43. The van der Waals surface area contributed by atoms with Crippen LogP contribution in [0.2, 0.25) is 5.02 Å². The van der Waals surface area contributed by atoms with Gasteiger partial charge in [0.2, 0.25) is 5.88 Å². The third-order valence-corrected chi connectivity index (χ3v) is 2.54. The van der Waals surface area contributed by atoms with Crippen LogP contribution in [0.3, 0.4) is 0 Å². The first-order chi connectivity index (χ1) is 8.54. The quantitative estimate of drug-likeness (QED) is 0.783. The van der Waals surface area contributed by atoms with Crippen LogP contribution in [-0.4, -0.2) is 20.9 Å². The Kier molecular flexibility index (Phi) is 3.03. The molecule has 0 aliphatic carbocycles. The van der Waals surface area contributed by atoms with E-state index in [1.165, 1.54) is 12.1 Å². The summed E-state index contributed by atoms with van der Waals surface area (Å²) in [6.45, 7) is 0. The van der Waals surface area contributed by atoms with Crippen molar-refractivity contribution >= 4 is 17.9 Å². The number of carbonyl (C=O) groups is 1. The average molecular weight is 267 g/mol. The van der Waals surface area contributed by atoms with Crippen LogP contribution in [0.15, 0.2) is 33.9 Å². The van der Waals surface area contributed by atoms with Crippen molar-refractivity contribution in [3.63, 3.8) is 0 Å². The van der Waals surface area contributed by atoms with E-state index in [1.807, 2.05) is 4.98 Å². The summed E-state index contributed by atoms with van der Waals surface area (Å²) in [5.41, 5.74) is -2.07. The predicted molar refractivity (Wildman–Crippen MR) is 64.7 cm³/mol. The molecule has 0 spiro atoms. The molecule has 0 radical (unpaired) electrons. The van der Waals surface area contributed by atoms with Crippen LogP contribution >= 0.6 is 11.6 Å². The van der Waals surface area contributed by atoms with Crippen molar-refractivity contribution in [1.29, 1.82) is 0 Å². The number of aromatic hydroxyl groups is 1. The fourth-order valence-corrected chi connectivity index (χ4v) is 1.68. The van der Waals surface area contributed by atoms with Crippen molar-refractivity contribution in [3.05, 3.63) is 55.7 Å². The van der Waals surface area contributed by atoms with E-state index in [0.29, 0.717) is 5.02 Å². The van der Waals surface area contributed by atoms with Crippen LogP contribution in [0.25, 0.3) is 5.69 Å². The minimum absolute atomic E-state index is 0.175. The molecule has 18 heavy (non-hydrogen) atoms. The topological polar surface area (TPSA) is 92.2 Å². The molecule has 0 bridgehead atoms. The number of halogens is 1. The Labute approximate surface area is 105 Å². The Morgan fingerprint density at radius 2 is 2.06 bits per heavy atom. The molecule has 92 valence electrons. The van der Waals surface area contributed by atoms with Crippen LogP contribution in [0, 0.1) is 0 Å². The summed E-state index contributed by atoms with van der Waals surface area (Å²) < 4.78 is 0.789. The average Bonchev–Trinajstić information content (AvgIpc) is 2.28. The highest BCUT2D eigenvalue weighted by molar-refractivity contribution is 6.30. The number of benzene rings is 1. The first kappa shape index (κ1) is 12.1. The minimum atomic E-state index is -0.939. The molecule has 0 saturated carbocycles. The maximum absolute atomic E-state index is 11.6. The van der Waals surface area contributed by atoms with Gasteiger partial charge < -0.3 is 5.11 Å². The third-order valence-electron chi connectivity index (χ3n) is 2.31. The number of aromatic amines is 1. The molecule has 0 atom stereocenters. The van der Waals surface area contributed by atoms with Gasteiger partial charge in [-0.15, -0.1) is 0 Å². The number of hydrogen-bond acceptors (Lipinski definition) is 4. The molecule has 0 amide bonds. The summed E-state index contributed by atoms with van der Waals surface area (Å²) in [7, 11) is 0. The number of carbonyl (C=O) groups excluding carboxylic acids is 1. The lowest BCUT2D eigenvalue weighted by atomic mass is 10.3. The van der Waals surface area contributed by atoms with Crippen molar-refractivity contribution in [2.75, 3.05) is 0 Å². The van der Waals surface area contributed by atoms with Gasteiger partial charge in [-0.3, -0.25) is 14.6 Å². The Hall–Kier alpha value is -2.34. The second-order valence-corrected chi connectivity index (χ2v) is 3.87. The zero-order valence-electron chi connectivity index (χ0n) is 8.88. The number of rotatable bonds is 2. The highest BCUT2D eigenvalue weighted by Gasteiger charge is 2.14. The molecule has 1 aromatic carbocycles. The van der Waals surface area contributed by atoms with E-state index in [9.17, 15) is 19.5 Å². The molecular weight excluding hydrogens is 260 g/mol. The van der Waals surface area contributed by atoms with E-state index in [-0.39, 0.29) is 12.0 Å². The molecule has 0 saturated heterocycles. The first-order valence-electron chi connectivity index (χ1n) is 4.84. The number of nitrogens with one attached hydrogen (secondary N) is 1. The van der Waals surface area contributed by atoms with Gasteiger partial charge in [-0.2, -0.15) is 0 Å². The Balaban J connectivity index is 2.84. The van der Waals surface area contributed by atoms with Gasteiger partial charge in [-0.05, 0) is 18.2 Å². The van der Waals surface area contributed by atoms with Gasteiger partial charge in [0.05, 0.1) is 5.69 Å². The second kappa shape index (κ2) is 4.50. The fraction of sp³-hybridized carbons (Fsp3) is 0. The maximum atomic E-state index is 11.6. The van der Waals surface area contributed by atoms with Gasteiger partial charge in [-0.25, -0.2) is 9.36 Å². The standard InChI is InChI=1S/C11H7ClN2O4/c12-6-2-1-3-7(4-6)14-10(17)8(5-15)9(16)13-11(14)18/h1-5,17H,(H,13,16,18). The zero-order chi connectivity index (χ0) is 13.3. The van der Waals surface area contributed by atoms with E-state index in [0.717, 1.165) is 4.57 Å². The van der Waals surface area contributed by atoms with Gasteiger partial charge in [-0.1, -0.05) is 17.7 Å². The highest BCUT2D eigenvalue weighted by atomic mass is 35.5. The minimum Gasteiger partial charge on any atom is -0.493 e. The monoisotopic (exact) mass is 266 g/mol. The molecule has 6 nitrogen and oxygen atoms in total. The van der Waals surface area contributed by atoms with E-state index < -0.39 is 22.7 Å². The highest BCUT2D eigenvalue weighted by Crippen LogP contribution is 2.18. The summed E-state index contributed by atoms with van der Waals surface area (Å²) in [6, 6.07) is 6.06. The number of hydrogen-bond donors (Lipinski definition) is 2. The van der Waals surface area contributed by atoms with Crippen LogP contribution < -0.4 is 11.2 Å². The van der Waals surface area contributed by atoms with Crippen molar-refractivity contribution in [3.8, 4) is 11.6 Å². The first-order valence-corrected chi connectivity index (χ1v) is 5.22. The Bertz CT molecular complexity index is 733. The molecule has 0 aliphatic heterocycles. The molecule has 2 rings (SSSR count). The van der Waals surface area contributed by atoms with E-state index >= 15 is 0 Å². The van der Waals surface area contributed by atoms with Gasteiger partial charge in [0.1, 0.15) is 5.56 Å². The maximum Gasteiger partial charge on any atom is 0.335 e. The number of aldehydes is 1. The van der Waals surface area contributed by atoms with Gasteiger partial charge in [0.25, 0.3) is 5.56 Å².